The van der Waals surface area contributed by atoms with Gasteiger partial charge in [-0.3, -0.25) is 9.69 Å². The molecule has 18 heavy (non-hydrogen) atoms. The fourth-order valence-corrected chi connectivity index (χ4v) is 2.18. The lowest BCUT2D eigenvalue weighted by Crippen LogP contribution is -2.40. The summed E-state index contributed by atoms with van der Waals surface area (Å²) in [4.78, 5) is 18.6. The highest BCUT2D eigenvalue weighted by Crippen LogP contribution is 2.12. The Kier molecular flexibility index (Phi) is 5.98. The average Bonchev–Trinajstić information content (AvgIpc) is 2.74. The maximum absolute atomic E-state index is 12.0. The Morgan fingerprint density at radius 1 is 1.44 bits per heavy atom. The molecule has 2 N–H and O–H groups in total. The Balaban J connectivity index is 2.30. The van der Waals surface area contributed by atoms with E-state index >= 15 is 0 Å². The molecule has 1 atom stereocenters. The number of carbonyl (C=O) groups is 1. The fraction of sp³-hybridized carbons (Fsp3) is 0.833. The van der Waals surface area contributed by atoms with Crippen LogP contribution in [0.15, 0.2) is 0 Å². The second-order valence-electron chi connectivity index (χ2n) is 5.17. The van der Waals surface area contributed by atoms with Gasteiger partial charge in [-0.25, -0.2) is 0 Å². The van der Waals surface area contributed by atoms with Gasteiger partial charge in [-0.05, 0) is 20.5 Å². The first-order chi connectivity index (χ1) is 8.40. The van der Waals surface area contributed by atoms with Crippen LogP contribution in [-0.2, 0) is 4.79 Å². The molecule has 5 nitrogen and oxygen atoms in total. The van der Waals surface area contributed by atoms with Crippen LogP contribution < -0.4 is 5.73 Å². The Morgan fingerprint density at radius 2 is 2.11 bits per heavy atom. The molecule has 0 aromatic carbocycles. The van der Waals surface area contributed by atoms with Gasteiger partial charge in [0.1, 0.15) is 0 Å². The number of likely N-dealkylation sites (N-methyl/N-ethyl adjacent to an activating group) is 2. The number of hydrogen-bond donors (Lipinski definition) is 1. The van der Waals surface area contributed by atoms with E-state index in [4.69, 9.17) is 18.0 Å². The van der Waals surface area contributed by atoms with Crippen molar-refractivity contribution >= 4 is 23.1 Å². The number of nitrogens with two attached hydrogens (primary N) is 1. The highest BCUT2D eigenvalue weighted by molar-refractivity contribution is 7.80. The fourth-order valence-electron chi connectivity index (χ4n) is 2.09. The van der Waals surface area contributed by atoms with Gasteiger partial charge in [0.2, 0.25) is 5.91 Å². The molecule has 1 unspecified atom stereocenters. The van der Waals surface area contributed by atoms with Gasteiger partial charge in [-0.1, -0.05) is 12.2 Å². The van der Waals surface area contributed by atoms with E-state index in [0.29, 0.717) is 30.5 Å². The third kappa shape index (κ3) is 4.88. The molecule has 0 bridgehead atoms. The van der Waals surface area contributed by atoms with Crippen molar-refractivity contribution in [2.75, 3.05) is 47.3 Å². The summed E-state index contributed by atoms with van der Waals surface area (Å²) in [6, 6.07) is 0.569. The molecule has 1 aliphatic rings. The van der Waals surface area contributed by atoms with Crippen molar-refractivity contribution in [1.82, 2.24) is 14.7 Å². The predicted octanol–water partition coefficient (Wildman–Crippen LogP) is -0.243. The van der Waals surface area contributed by atoms with Crippen molar-refractivity contribution in [3.8, 4) is 0 Å². The van der Waals surface area contributed by atoms with Crippen LogP contribution in [0.25, 0.3) is 0 Å². The molecule has 1 heterocycles. The first-order valence-electron chi connectivity index (χ1n) is 6.31. The number of nitrogens with zero attached hydrogens (tertiary/aromatic N) is 3. The minimum atomic E-state index is 0.144. The molecule has 0 aromatic rings. The Morgan fingerprint density at radius 3 is 2.61 bits per heavy atom. The summed E-state index contributed by atoms with van der Waals surface area (Å²) in [6.07, 6.45) is 1.73. The zero-order valence-electron chi connectivity index (χ0n) is 11.6. The first kappa shape index (κ1) is 15.3. The Labute approximate surface area is 115 Å². The van der Waals surface area contributed by atoms with Crippen molar-refractivity contribution < 1.29 is 4.79 Å². The normalized spacial score (nSPS) is 20.3. The lowest BCUT2D eigenvalue weighted by molar-refractivity contribution is -0.130. The van der Waals surface area contributed by atoms with E-state index in [2.05, 4.69) is 23.9 Å². The van der Waals surface area contributed by atoms with Gasteiger partial charge < -0.3 is 15.5 Å². The molecule has 1 aliphatic heterocycles. The van der Waals surface area contributed by atoms with Crippen molar-refractivity contribution in [2.45, 2.75) is 18.9 Å². The van der Waals surface area contributed by atoms with Gasteiger partial charge in [0.05, 0.1) is 11.5 Å². The molecule has 1 rings (SSSR count). The maximum Gasteiger partial charge on any atom is 0.236 e. The molecule has 0 saturated carbocycles. The number of amides is 1. The van der Waals surface area contributed by atoms with E-state index in [1.54, 1.807) is 11.9 Å². The third-order valence-electron chi connectivity index (χ3n) is 3.46. The van der Waals surface area contributed by atoms with Gasteiger partial charge in [0.25, 0.3) is 0 Å². The van der Waals surface area contributed by atoms with E-state index in [0.717, 1.165) is 19.5 Å². The van der Waals surface area contributed by atoms with Gasteiger partial charge in [0.15, 0.2) is 0 Å². The molecular formula is C12H24N4OS. The number of hydrogen-bond acceptors (Lipinski definition) is 4. The molecule has 0 radical (unpaired) electrons. The van der Waals surface area contributed by atoms with Crippen LogP contribution >= 0.6 is 12.2 Å². The Hall–Kier alpha value is -0.720. The lowest BCUT2D eigenvalue weighted by atomic mass is 10.2. The molecular weight excluding hydrogens is 248 g/mol. The predicted molar refractivity (Wildman–Crippen MR) is 77.6 cm³/mol. The molecule has 1 saturated heterocycles. The van der Waals surface area contributed by atoms with E-state index in [9.17, 15) is 4.79 Å². The SMILES string of the molecule is CN(CCC(N)=S)C(=O)CN1CCC(N(C)C)C1. The van der Waals surface area contributed by atoms with Gasteiger partial charge in [-0.2, -0.15) is 0 Å². The number of rotatable bonds is 6. The summed E-state index contributed by atoms with van der Waals surface area (Å²) in [5, 5.41) is 0. The third-order valence-corrected chi connectivity index (χ3v) is 3.66. The highest BCUT2D eigenvalue weighted by Gasteiger charge is 2.25. The molecule has 1 amide bonds. The van der Waals surface area contributed by atoms with Crippen LogP contribution in [-0.4, -0.2) is 79.0 Å². The average molecular weight is 272 g/mol. The van der Waals surface area contributed by atoms with Crippen molar-refractivity contribution in [3.05, 3.63) is 0 Å². The van der Waals surface area contributed by atoms with Crippen molar-refractivity contribution in [3.63, 3.8) is 0 Å². The quantitative estimate of drug-likeness (QED) is 0.676. The molecule has 6 heteroatoms. The summed E-state index contributed by atoms with van der Waals surface area (Å²) >= 11 is 4.81. The van der Waals surface area contributed by atoms with Crippen LogP contribution in [0.1, 0.15) is 12.8 Å². The summed E-state index contributed by atoms with van der Waals surface area (Å²) in [5.41, 5.74) is 5.43. The van der Waals surface area contributed by atoms with Crippen LogP contribution in [0.3, 0.4) is 0 Å². The van der Waals surface area contributed by atoms with Gasteiger partial charge in [-0.15, -0.1) is 0 Å². The maximum atomic E-state index is 12.0. The Bertz CT molecular complexity index is 308. The zero-order valence-corrected chi connectivity index (χ0v) is 12.4. The van der Waals surface area contributed by atoms with Crippen LogP contribution in [0.2, 0.25) is 0 Å². The largest absolute Gasteiger partial charge is 0.393 e. The number of carbonyl (C=O) groups excluding carboxylic acids is 1. The monoisotopic (exact) mass is 272 g/mol. The zero-order chi connectivity index (χ0) is 13.7. The molecule has 104 valence electrons. The van der Waals surface area contributed by atoms with Crippen LogP contribution in [0.5, 0.6) is 0 Å². The second-order valence-corrected chi connectivity index (χ2v) is 5.70. The summed E-state index contributed by atoms with van der Waals surface area (Å²) in [6.45, 7) is 3.08. The summed E-state index contributed by atoms with van der Waals surface area (Å²) in [7, 11) is 5.98. The smallest absolute Gasteiger partial charge is 0.236 e. The topological polar surface area (TPSA) is 52.8 Å². The minimum Gasteiger partial charge on any atom is -0.393 e. The number of thiocarbonyl (C=S) groups is 1. The molecule has 0 aromatic heterocycles. The molecule has 0 aliphatic carbocycles. The van der Waals surface area contributed by atoms with Crippen molar-refractivity contribution in [1.29, 1.82) is 0 Å². The highest BCUT2D eigenvalue weighted by atomic mass is 32.1. The molecule has 0 spiro atoms. The van der Waals surface area contributed by atoms with Gasteiger partial charge in [0, 0.05) is 39.1 Å². The second kappa shape index (κ2) is 7.01. The van der Waals surface area contributed by atoms with E-state index in [1.165, 1.54) is 0 Å². The van der Waals surface area contributed by atoms with E-state index < -0.39 is 0 Å². The number of likely N-dealkylation sites (tertiary alicyclic amines) is 1. The molecule has 1 fully saturated rings. The van der Waals surface area contributed by atoms with E-state index in [1.807, 2.05) is 0 Å². The minimum absolute atomic E-state index is 0.144. The van der Waals surface area contributed by atoms with Crippen molar-refractivity contribution in [2.24, 2.45) is 5.73 Å². The first-order valence-corrected chi connectivity index (χ1v) is 6.72. The lowest BCUT2D eigenvalue weighted by Gasteiger charge is -2.22. The standard InChI is InChI=1S/C12H24N4OS/c1-14(2)10-4-7-16(8-10)9-12(17)15(3)6-5-11(13)18/h10H,4-9H2,1-3H3,(H2,13,18). The summed E-state index contributed by atoms with van der Waals surface area (Å²) < 4.78 is 0. The van der Waals surface area contributed by atoms with Gasteiger partial charge >= 0.3 is 0 Å². The summed E-state index contributed by atoms with van der Waals surface area (Å²) in [5.74, 6) is 0.144. The van der Waals surface area contributed by atoms with Crippen LogP contribution in [0.4, 0.5) is 0 Å². The van der Waals surface area contributed by atoms with E-state index in [-0.39, 0.29) is 5.91 Å². The van der Waals surface area contributed by atoms with Crippen LogP contribution in [0, 0.1) is 0 Å².